The summed E-state index contributed by atoms with van der Waals surface area (Å²) in [4.78, 5) is 25.6. The summed E-state index contributed by atoms with van der Waals surface area (Å²) in [6.07, 6.45) is 0.443. The van der Waals surface area contributed by atoms with Gasteiger partial charge in [0.2, 0.25) is 5.91 Å². The Kier molecular flexibility index (Phi) is 3.98. The highest BCUT2D eigenvalue weighted by molar-refractivity contribution is 7.10. The number of nitrogens with zero attached hydrogens (tertiary/aromatic N) is 1. The predicted octanol–water partition coefficient (Wildman–Crippen LogP) is 0.991. The van der Waals surface area contributed by atoms with Crippen LogP contribution in [0.1, 0.15) is 11.3 Å². The van der Waals surface area contributed by atoms with Crippen molar-refractivity contribution in [2.24, 2.45) is 0 Å². The van der Waals surface area contributed by atoms with Crippen LogP contribution in [0.15, 0.2) is 17.5 Å². The van der Waals surface area contributed by atoms with Gasteiger partial charge in [-0.1, -0.05) is 6.07 Å². The Morgan fingerprint density at radius 3 is 2.94 bits per heavy atom. The van der Waals surface area contributed by atoms with E-state index in [4.69, 9.17) is 9.84 Å². The molecule has 2 heterocycles. The maximum Gasteiger partial charge on any atom is 0.326 e. The summed E-state index contributed by atoms with van der Waals surface area (Å²) in [5.41, 5.74) is 0. The Morgan fingerprint density at radius 1 is 1.61 bits per heavy atom. The fraction of sp³-hybridized carbons (Fsp3) is 0.500. The van der Waals surface area contributed by atoms with Crippen molar-refractivity contribution in [1.29, 1.82) is 0 Å². The lowest BCUT2D eigenvalue weighted by Gasteiger charge is -2.20. The van der Waals surface area contributed by atoms with Crippen LogP contribution in [-0.2, 0) is 20.7 Å². The van der Waals surface area contributed by atoms with Crippen LogP contribution >= 0.6 is 11.3 Å². The maximum absolute atomic E-state index is 12.1. The van der Waals surface area contributed by atoms with Gasteiger partial charge in [-0.3, -0.25) is 4.79 Å². The first-order valence-corrected chi connectivity index (χ1v) is 6.57. The Hall–Kier alpha value is -1.40. The van der Waals surface area contributed by atoms with Gasteiger partial charge in [-0.2, -0.15) is 0 Å². The van der Waals surface area contributed by atoms with Gasteiger partial charge in [-0.05, 0) is 11.4 Å². The quantitative estimate of drug-likeness (QED) is 0.885. The average Bonchev–Trinajstić information content (AvgIpc) is 2.96. The summed E-state index contributed by atoms with van der Waals surface area (Å²) in [5.74, 6) is -1.11. The number of rotatable bonds is 4. The zero-order valence-corrected chi connectivity index (χ0v) is 10.9. The number of carboxylic acid groups (broad SMARTS) is 1. The van der Waals surface area contributed by atoms with Crippen LogP contribution in [0.5, 0.6) is 0 Å². The largest absolute Gasteiger partial charge is 0.480 e. The van der Waals surface area contributed by atoms with E-state index in [9.17, 15) is 9.59 Å². The predicted molar refractivity (Wildman–Crippen MR) is 66.6 cm³/mol. The van der Waals surface area contributed by atoms with Crippen molar-refractivity contribution in [1.82, 2.24) is 4.90 Å². The van der Waals surface area contributed by atoms with Gasteiger partial charge < -0.3 is 14.7 Å². The van der Waals surface area contributed by atoms with E-state index in [1.165, 1.54) is 23.3 Å². The van der Waals surface area contributed by atoms with Crippen LogP contribution < -0.4 is 0 Å². The fourth-order valence-electron chi connectivity index (χ4n) is 2.14. The molecule has 1 aromatic heterocycles. The molecule has 6 heteroatoms. The van der Waals surface area contributed by atoms with Crippen LogP contribution in [0.3, 0.4) is 0 Å². The third kappa shape index (κ3) is 2.70. The second kappa shape index (κ2) is 5.49. The molecule has 0 aliphatic carbocycles. The Balaban J connectivity index is 2.05. The first kappa shape index (κ1) is 13.0. The fourth-order valence-corrected chi connectivity index (χ4v) is 2.84. The molecule has 0 bridgehead atoms. The number of likely N-dealkylation sites (tertiary alicyclic amines) is 1. The van der Waals surface area contributed by atoms with E-state index in [-0.39, 0.29) is 18.4 Å². The van der Waals surface area contributed by atoms with Crippen molar-refractivity contribution < 1.29 is 19.4 Å². The van der Waals surface area contributed by atoms with E-state index in [1.807, 2.05) is 17.5 Å². The average molecular weight is 269 g/mol. The van der Waals surface area contributed by atoms with Gasteiger partial charge in [0.05, 0.1) is 12.5 Å². The molecule has 0 radical (unpaired) electrons. The topological polar surface area (TPSA) is 66.8 Å². The SMILES string of the molecule is COC1CC(C(=O)O)N(C(=O)Cc2cccs2)C1. The minimum Gasteiger partial charge on any atom is -0.480 e. The summed E-state index contributed by atoms with van der Waals surface area (Å²) < 4.78 is 5.15. The molecule has 0 saturated carbocycles. The van der Waals surface area contributed by atoms with E-state index in [2.05, 4.69) is 0 Å². The van der Waals surface area contributed by atoms with Gasteiger partial charge >= 0.3 is 5.97 Å². The third-order valence-corrected chi connectivity index (χ3v) is 3.98. The summed E-state index contributed by atoms with van der Waals surface area (Å²) in [5, 5.41) is 11.0. The van der Waals surface area contributed by atoms with Crippen LogP contribution in [0.4, 0.5) is 0 Å². The molecule has 0 spiro atoms. The molecule has 98 valence electrons. The van der Waals surface area contributed by atoms with E-state index >= 15 is 0 Å². The highest BCUT2D eigenvalue weighted by atomic mass is 32.1. The van der Waals surface area contributed by atoms with Crippen molar-refractivity contribution in [2.45, 2.75) is 25.0 Å². The van der Waals surface area contributed by atoms with Crippen molar-refractivity contribution in [2.75, 3.05) is 13.7 Å². The van der Waals surface area contributed by atoms with Crippen molar-refractivity contribution in [3.63, 3.8) is 0 Å². The van der Waals surface area contributed by atoms with Crippen LogP contribution in [0.25, 0.3) is 0 Å². The van der Waals surface area contributed by atoms with Crippen molar-refractivity contribution >= 4 is 23.2 Å². The number of carbonyl (C=O) groups excluding carboxylic acids is 1. The monoisotopic (exact) mass is 269 g/mol. The summed E-state index contributed by atoms with van der Waals surface area (Å²) in [6, 6.07) is 2.99. The van der Waals surface area contributed by atoms with E-state index in [0.717, 1.165) is 4.88 Å². The van der Waals surface area contributed by atoms with Gasteiger partial charge in [0, 0.05) is 25.0 Å². The molecule has 0 aromatic carbocycles. The molecule has 5 nitrogen and oxygen atoms in total. The van der Waals surface area contributed by atoms with Gasteiger partial charge in [-0.15, -0.1) is 11.3 Å². The molecule has 2 rings (SSSR count). The number of thiophene rings is 1. The highest BCUT2D eigenvalue weighted by Gasteiger charge is 2.39. The molecule has 1 saturated heterocycles. The first-order chi connectivity index (χ1) is 8.61. The zero-order valence-electron chi connectivity index (χ0n) is 10.0. The molecule has 1 aliphatic rings. The van der Waals surface area contributed by atoms with E-state index in [1.54, 1.807) is 0 Å². The molecule has 1 aromatic rings. The molecule has 1 N–H and O–H groups in total. The third-order valence-electron chi connectivity index (χ3n) is 3.11. The lowest BCUT2D eigenvalue weighted by Crippen LogP contribution is -2.41. The molecule has 1 aliphatic heterocycles. The number of carboxylic acids is 1. The number of methoxy groups -OCH3 is 1. The second-order valence-corrected chi connectivity index (χ2v) is 5.28. The van der Waals surface area contributed by atoms with Crippen molar-refractivity contribution in [3.8, 4) is 0 Å². The van der Waals surface area contributed by atoms with E-state index < -0.39 is 12.0 Å². The van der Waals surface area contributed by atoms with Crippen molar-refractivity contribution in [3.05, 3.63) is 22.4 Å². The Bertz CT molecular complexity index is 431. The summed E-state index contributed by atoms with van der Waals surface area (Å²) in [7, 11) is 1.54. The molecule has 2 unspecified atom stereocenters. The number of amides is 1. The number of aliphatic carboxylic acids is 1. The molecular weight excluding hydrogens is 254 g/mol. The van der Waals surface area contributed by atoms with Gasteiger partial charge in [0.25, 0.3) is 0 Å². The number of hydrogen-bond acceptors (Lipinski definition) is 4. The van der Waals surface area contributed by atoms with Crippen LogP contribution in [-0.4, -0.2) is 47.7 Å². The minimum atomic E-state index is -0.964. The molecule has 18 heavy (non-hydrogen) atoms. The second-order valence-electron chi connectivity index (χ2n) is 4.25. The number of ether oxygens (including phenoxy) is 1. The van der Waals surface area contributed by atoms with Gasteiger partial charge in [0.1, 0.15) is 6.04 Å². The lowest BCUT2D eigenvalue weighted by atomic mass is 10.2. The molecule has 1 amide bonds. The van der Waals surface area contributed by atoms with Gasteiger partial charge in [0.15, 0.2) is 0 Å². The first-order valence-electron chi connectivity index (χ1n) is 5.69. The zero-order chi connectivity index (χ0) is 13.1. The smallest absolute Gasteiger partial charge is 0.326 e. The number of carbonyl (C=O) groups is 2. The Morgan fingerprint density at radius 2 is 2.39 bits per heavy atom. The maximum atomic E-state index is 12.1. The summed E-state index contributed by atoms with van der Waals surface area (Å²) >= 11 is 1.50. The molecular formula is C12H15NO4S. The number of hydrogen-bond donors (Lipinski definition) is 1. The van der Waals surface area contributed by atoms with Crippen LogP contribution in [0, 0.1) is 0 Å². The lowest BCUT2D eigenvalue weighted by molar-refractivity contribution is -0.147. The standard InChI is InChI=1S/C12H15NO4S/c1-17-8-5-10(12(15)16)13(7-8)11(14)6-9-3-2-4-18-9/h2-4,8,10H,5-7H2,1H3,(H,15,16). The molecule has 1 fully saturated rings. The molecule has 2 atom stereocenters. The minimum absolute atomic E-state index is 0.149. The van der Waals surface area contributed by atoms with E-state index in [0.29, 0.717) is 13.0 Å². The van der Waals surface area contributed by atoms with Crippen LogP contribution in [0.2, 0.25) is 0 Å². The normalized spacial score (nSPS) is 23.3. The Labute approximate surface area is 109 Å². The summed E-state index contributed by atoms with van der Waals surface area (Å²) in [6.45, 7) is 0.359. The van der Waals surface area contributed by atoms with Gasteiger partial charge in [-0.25, -0.2) is 4.79 Å². The highest BCUT2D eigenvalue weighted by Crippen LogP contribution is 2.22.